The van der Waals surface area contributed by atoms with Crippen molar-refractivity contribution in [2.24, 2.45) is 0 Å². The second-order valence-corrected chi connectivity index (χ2v) is 16.4. The third-order valence-corrected chi connectivity index (χ3v) is 10.3. The Morgan fingerprint density at radius 1 is 0.404 bits per heavy atom. The molecule has 14 N–H and O–H groups in total. The van der Waals surface area contributed by atoms with Crippen LogP contribution in [0.15, 0.2) is 97.1 Å². The summed E-state index contributed by atoms with van der Waals surface area (Å²) < 4.78 is 0. The van der Waals surface area contributed by atoms with E-state index in [1.165, 1.54) is 32.1 Å². The van der Waals surface area contributed by atoms with Crippen LogP contribution in [0.2, 0.25) is 0 Å². The van der Waals surface area contributed by atoms with Gasteiger partial charge in [0.05, 0.1) is 0 Å². The molecule has 5 aromatic rings. The first kappa shape index (κ1) is 42.2. The van der Waals surface area contributed by atoms with Gasteiger partial charge in [-0.1, -0.05) is 65.4 Å². The van der Waals surface area contributed by atoms with Gasteiger partial charge < -0.3 is 54.8 Å². The Morgan fingerprint density at radius 3 is 1.32 bits per heavy atom. The van der Waals surface area contributed by atoms with Crippen LogP contribution in [-0.2, 0) is 0 Å². The Bertz CT molecular complexity index is 2060. The van der Waals surface area contributed by atoms with Crippen LogP contribution in [0.25, 0.3) is 0 Å². The normalized spacial score (nSPS) is 12.4. The molecule has 304 valence electrons. The van der Waals surface area contributed by atoms with Crippen LogP contribution in [0, 0.1) is 0 Å². The van der Waals surface area contributed by atoms with E-state index in [-0.39, 0.29) is 11.1 Å². The molecular formula is C47H66N10. The maximum absolute atomic E-state index is 6.49. The first-order valence-corrected chi connectivity index (χ1v) is 20.6. The number of nitrogens with two attached hydrogens (primary N) is 4. The first-order valence-electron chi connectivity index (χ1n) is 20.6. The molecule has 0 aromatic heterocycles. The molecule has 0 saturated heterocycles. The lowest BCUT2D eigenvalue weighted by Crippen LogP contribution is -2.33. The van der Waals surface area contributed by atoms with Crippen molar-refractivity contribution in [3.05, 3.63) is 97.1 Å². The minimum absolute atomic E-state index is 0.0175. The molecule has 5 aromatic carbocycles. The van der Waals surface area contributed by atoms with Crippen LogP contribution < -0.4 is 54.8 Å². The quantitative estimate of drug-likeness (QED) is 0.0255. The van der Waals surface area contributed by atoms with Gasteiger partial charge in [-0.3, -0.25) is 0 Å². The van der Waals surface area contributed by atoms with Crippen molar-refractivity contribution in [1.29, 1.82) is 0 Å². The van der Waals surface area contributed by atoms with Crippen LogP contribution >= 0.6 is 0 Å². The van der Waals surface area contributed by atoms with Crippen molar-refractivity contribution in [1.82, 2.24) is 0 Å². The lowest BCUT2D eigenvalue weighted by atomic mass is 9.91. The highest BCUT2D eigenvalue weighted by atomic mass is 15.0. The van der Waals surface area contributed by atoms with E-state index in [0.29, 0.717) is 22.7 Å². The molecule has 0 amide bonds. The van der Waals surface area contributed by atoms with Gasteiger partial charge in [0.15, 0.2) is 0 Å². The van der Waals surface area contributed by atoms with Gasteiger partial charge in [0.25, 0.3) is 0 Å². The van der Waals surface area contributed by atoms with Gasteiger partial charge in [0, 0.05) is 90.7 Å². The predicted molar refractivity (Wildman–Crippen MR) is 251 cm³/mol. The third kappa shape index (κ3) is 13.4. The van der Waals surface area contributed by atoms with Crippen molar-refractivity contribution in [3.63, 3.8) is 0 Å². The van der Waals surface area contributed by atoms with Crippen LogP contribution in [0.4, 0.5) is 79.6 Å². The summed E-state index contributed by atoms with van der Waals surface area (Å²) in [6, 6.07) is 32.0. The molecule has 0 spiro atoms. The average Bonchev–Trinajstić information content (AvgIpc) is 3.11. The standard InChI is InChI=1S/C47H66N10/c1-7-10-12-13-17-46(4,5)56-37-16-14-15-36(26-37)52-42-28-43(53-38-20-32(48)19-33(49)21-38)30-44(29-42)55-40-23-34(50)22-39(27-40)54-41-24-35(51)25-45(31-41)57-47(6,9-3)18-11-8-2/h14-16,19-31,52-57H,7-13,17-18,48-51H2,1-6H3. The average molecular weight is 771 g/mol. The topological polar surface area (TPSA) is 176 Å². The molecule has 0 fully saturated rings. The number of hydrogen-bond donors (Lipinski definition) is 10. The number of hydrogen-bond acceptors (Lipinski definition) is 10. The van der Waals surface area contributed by atoms with Gasteiger partial charge >= 0.3 is 0 Å². The molecule has 1 unspecified atom stereocenters. The van der Waals surface area contributed by atoms with Gasteiger partial charge in [-0.15, -0.1) is 0 Å². The molecule has 10 nitrogen and oxygen atoms in total. The van der Waals surface area contributed by atoms with E-state index >= 15 is 0 Å². The zero-order valence-corrected chi connectivity index (χ0v) is 34.9. The monoisotopic (exact) mass is 771 g/mol. The molecular weight excluding hydrogens is 705 g/mol. The van der Waals surface area contributed by atoms with Crippen molar-refractivity contribution in [2.75, 3.05) is 54.8 Å². The maximum Gasteiger partial charge on any atom is 0.0425 e. The summed E-state index contributed by atoms with van der Waals surface area (Å²) >= 11 is 0. The molecule has 1 atom stereocenters. The Hall–Kier alpha value is -5.90. The Balaban J connectivity index is 1.40. The Labute approximate surface area is 341 Å². The fourth-order valence-corrected chi connectivity index (χ4v) is 7.22. The summed E-state index contributed by atoms with van der Waals surface area (Å²) in [5.41, 5.74) is 36.5. The molecule has 57 heavy (non-hydrogen) atoms. The second kappa shape index (κ2) is 19.3. The number of unbranched alkanes of at least 4 members (excludes halogenated alkanes) is 4. The van der Waals surface area contributed by atoms with Crippen LogP contribution in [-0.4, -0.2) is 11.1 Å². The molecule has 10 heteroatoms. The molecule has 0 bridgehead atoms. The van der Waals surface area contributed by atoms with Gasteiger partial charge in [0.2, 0.25) is 0 Å². The van der Waals surface area contributed by atoms with Crippen molar-refractivity contribution in [2.45, 2.75) is 110 Å². The van der Waals surface area contributed by atoms with E-state index in [4.69, 9.17) is 22.9 Å². The molecule has 0 saturated carbocycles. The number of rotatable bonds is 21. The van der Waals surface area contributed by atoms with E-state index in [1.54, 1.807) is 6.07 Å². The lowest BCUT2D eigenvalue weighted by molar-refractivity contribution is 0.439. The number of benzene rings is 5. The fraction of sp³-hybridized carbons (Fsp3) is 0.362. The zero-order chi connectivity index (χ0) is 41.0. The smallest absolute Gasteiger partial charge is 0.0425 e. The van der Waals surface area contributed by atoms with Gasteiger partial charge in [-0.2, -0.15) is 0 Å². The maximum atomic E-state index is 6.49. The third-order valence-electron chi connectivity index (χ3n) is 10.3. The van der Waals surface area contributed by atoms with Gasteiger partial charge in [0.1, 0.15) is 0 Å². The van der Waals surface area contributed by atoms with E-state index in [0.717, 1.165) is 82.6 Å². The summed E-state index contributed by atoms with van der Waals surface area (Å²) in [4.78, 5) is 0. The molecule has 0 aliphatic rings. The zero-order valence-electron chi connectivity index (χ0n) is 34.9. The summed E-state index contributed by atoms with van der Waals surface area (Å²) in [5, 5.41) is 21.8. The highest BCUT2D eigenvalue weighted by Crippen LogP contribution is 2.35. The highest BCUT2D eigenvalue weighted by Gasteiger charge is 2.21. The Morgan fingerprint density at radius 2 is 0.807 bits per heavy atom. The van der Waals surface area contributed by atoms with Crippen LogP contribution in [0.5, 0.6) is 0 Å². The van der Waals surface area contributed by atoms with Crippen molar-refractivity contribution < 1.29 is 0 Å². The fourth-order valence-electron chi connectivity index (χ4n) is 7.22. The van der Waals surface area contributed by atoms with Gasteiger partial charge in [-0.25, -0.2) is 0 Å². The summed E-state index contributed by atoms with van der Waals surface area (Å²) in [7, 11) is 0. The van der Waals surface area contributed by atoms with Crippen molar-refractivity contribution in [3.8, 4) is 0 Å². The van der Waals surface area contributed by atoms with Crippen molar-refractivity contribution >= 4 is 79.6 Å². The largest absolute Gasteiger partial charge is 0.399 e. The van der Waals surface area contributed by atoms with E-state index in [9.17, 15) is 0 Å². The van der Waals surface area contributed by atoms with Crippen LogP contribution in [0.1, 0.15) is 99.3 Å². The lowest BCUT2D eigenvalue weighted by Gasteiger charge is -2.31. The summed E-state index contributed by atoms with van der Waals surface area (Å²) in [6.07, 6.45) is 10.5. The molecule has 0 aliphatic heterocycles. The van der Waals surface area contributed by atoms with Gasteiger partial charge in [-0.05, 0) is 131 Å². The van der Waals surface area contributed by atoms with E-state index in [1.807, 2.05) is 48.5 Å². The molecule has 5 rings (SSSR count). The van der Waals surface area contributed by atoms with E-state index in [2.05, 4.69) is 116 Å². The highest BCUT2D eigenvalue weighted by molar-refractivity contribution is 5.81. The molecule has 0 heterocycles. The number of anilines is 14. The molecule has 0 radical (unpaired) electrons. The van der Waals surface area contributed by atoms with E-state index < -0.39 is 0 Å². The summed E-state index contributed by atoms with van der Waals surface area (Å²) in [5.74, 6) is 0. The predicted octanol–water partition coefficient (Wildman–Crippen LogP) is 12.9. The van der Waals surface area contributed by atoms with Crippen LogP contribution in [0.3, 0.4) is 0 Å². The SMILES string of the molecule is CCCCCCC(C)(C)Nc1cccc(Nc2cc(Nc3cc(N)cc(N)c3)cc(Nc3cc(N)cc(Nc4cc(N)cc(NC(C)(CC)CCCC)c4)c3)c2)c1. The minimum Gasteiger partial charge on any atom is -0.399 e. The minimum atomic E-state index is -0.0189. The molecule has 0 aliphatic carbocycles. The number of nitrogen functional groups attached to an aromatic ring is 4. The number of nitrogens with one attached hydrogen (secondary N) is 6. The summed E-state index contributed by atoms with van der Waals surface area (Å²) in [6.45, 7) is 13.5. The Kier molecular flexibility index (Phi) is 14.3. The second-order valence-electron chi connectivity index (χ2n) is 16.4. The first-order chi connectivity index (χ1) is 27.2.